The summed E-state index contributed by atoms with van der Waals surface area (Å²) in [7, 11) is 0. The molecule has 0 heterocycles. The van der Waals surface area contributed by atoms with E-state index in [1.807, 2.05) is 6.08 Å². The van der Waals surface area contributed by atoms with Gasteiger partial charge in [0.25, 0.3) is 0 Å². The zero-order valence-electron chi connectivity index (χ0n) is 21.1. The van der Waals surface area contributed by atoms with Crippen LogP contribution in [0.5, 0.6) is 0 Å². The van der Waals surface area contributed by atoms with Crippen LogP contribution in [0.25, 0.3) is 6.08 Å². The third kappa shape index (κ3) is 6.61. The molecule has 0 unspecified atom stereocenters. The van der Waals surface area contributed by atoms with Crippen molar-refractivity contribution >= 4 is 21.6 Å². The first-order valence-electron chi connectivity index (χ1n) is 11.7. The van der Waals surface area contributed by atoms with E-state index in [-0.39, 0.29) is 5.78 Å². The number of carbonyl (C=O) groups excluding carboxylic acids is 1. The second-order valence-electron chi connectivity index (χ2n) is 8.93. The monoisotopic (exact) mass is 600 g/mol. The molecular formula is C29H38NOW-. The summed E-state index contributed by atoms with van der Waals surface area (Å²) in [6.45, 7) is 18.0. The predicted molar refractivity (Wildman–Crippen MR) is 135 cm³/mol. The summed E-state index contributed by atoms with van der Waals surface area (Å²) in [5.41, 5.74) is 11.4. The molecule has 0 aromatic heterocycles. The molecule has 0 aliphatic carbocycles. The van der Waals surface area contributed by atoms with Gasteiger partial charge in [0.15, 0.2) is 0 Å². The molecule has 0 atom stereocenters. The minimum atomic E-state index is 0.162. The van der Waals surface area contributed by atoms with Crippen LogP contribution in [0.1, 0.15) is 77.6 Å². The van der Waals surface area contributed by atoms with Crippen molar-refractivity contribution in [3.05, 3.63) is 68.8 Å². The molecule has 2 rings (SSSR count). The number of benzene rings is 2. The summed E-state index contributed by atoms with van der Waals surface area (Å²) in [6.07, 6.45) is 7.78. The van der Waals surface area contributed by atoms with Gasteiger partial charge in [-0.05, 0) is 6.42 Å². The van der Waals surface area contributed by atoms with Crippen LogP contribution in [-0.2, 0) is 30.6 Å². The van der Waals surface area contributed by atoms with Gasteiger partial charge in [0.05, 0.1) is 0 Å². The van der Waals surface area contributed by atoms with E-state index in [4.69, 9.17) is 0 Å². The van der Waals surface area contributed by atoms with Crippen molar-refractivity contribution in [2.45, 2.75) is 81.1 Å². The molecule has 2 aromatic rings. The van der Waals surface area contributed by atoms with E-state index < -0.39 is 0 Å². The molecule has 0 fully saturated rings. The molecular weight excluding hydrogens is 562 g/mol. The number of hydrogen-bond acceptors (Lipinski definition) is 2. The van der Waals surface area contributed by atoms with Crippen LogP contribution in [0, 0.1) is 47.6 Å². The average Bonchev–Trinajstić information content (AvgIpc) is 2.73. The molecule has 32 heavy (non-hydrogen) atoms. The van der Waals surface area contributed by atoms with Gasteiger partial charge in [-0.1, -0.05) is 13.3 Å². The number of aryl methyl sites for hydroxylation is 3. The molecule has 2 nitrogen and oxygen atoms in total. The maximum absolute atomic E-state index is 12.7. The second-order valence-corrected chi connectivity index (χ2v) is 11.1. The fourth-order valence-electron chi connectivity index (χ4n) is 4.17. The maximum atomic E-state index is 12.7. The molecule has 0 radical (unpaired) electrons. The van der Waals surface area contributed by atoms with E-state index >= 15 is 0 Å². The van der Waals surface area contributed by atoms with Gasteiger partial charge in [0.1, 0.15) is 0 Å². The predicted octanol–water partition coefficient (Wildman–Crippen LogP) is 6.86. The molecule has 0 bridgehead atoms. The number of allylic oxidation sites excluding steroid dienone is 1. The summed E-state index contributed by atoms with van der Waals surface area (Å²) in [6, 6.07) is 7.98. The van der Waals surface area contributed by atoms with Crippen LogP contribution in [-0.4, -0.2) is 16.3 Å². The summed E-state index contributed by atoms with van der Waals surface area (Å²) < 4.78 is 1.26. The minimum absolute atomic E-state index is 0.162. The summed E-state index contributed by atoms with van der Waals surface area (Å²) >= 11 is 1.42. The van der Waals surface area contributed by atoms with Crippen molar-refractivity contribution in [1.82, 2.24) is 0 Å². The molecule has 172 valence electrons. The molecule has 0 spiro atoms. The Labute approximate surface area is 206 Å². The van der Waals surface area contributed by atoms with Crippen LogP contribution in [0.4, 0.5) is 5.69 Å². The first kappa shape index (κ1) is 26.5. The van der Waals surface area contributed by atoms with E-state index in [1.165, 1.54) is 75.2 Å². The van der Waals surface area contributed by atoms with Crippen molar-refractivity contribution in [3.63, 3.8) is 0 Å². The fraction of sp³-hybridized carbons (Fsp3) is 0.448. The molecule has 0 N–H and O–H groups in total. The molecule has 2 aromatic carbocycles. The summed E-state index contributed by atoms with van der Waals surface area (Å²) in [5, 5.41) is 0. The number of carbonyl (C=O) groups is 1. The van der Waals surface area contributed by atoms with Gasteiger partial charge < -0.3 is 0 Å². The van der Waals surface area contributed by atoms with Crippen molar-refractivity contribution < 1.29 is 24.1 Å². The van der Waals surface area contributed by atoms with E-state index in [9.17, 15) is 4.79 Å². The van der Waals surface area contributed by atoms with Crippen molar-refractivity contribution in [2.75, 3.05) is 11.4 Å². The van der Waals surface area contributed by atoms with Crippen LogP contribution in [0.15, 0.2) is 18.2 Å². The zero-order chi connectivity index (χ0) is 24.0. The second kappa shape index (κ2) is 11.9. The standard InChI is InChI=1S/C29H38NO.W/c1-9-11-12-28-21(4)17-26(18-22(28)5)13-14-27(31)15-16-30(10-2)29-19-20(3)23(6)24(7)25(29)8;/h13-14,17-18H,9,11-12,15-16H2,1-8H3;/q-1;/b14-13+;. The van der Waals surface area contributed by atoms with E-state index in [2.05, 4.69) is 78.5 Å². The molecule has 0 saturated heterocycles. The zero-order valence-corrected chi connectivity index (χ0v) is 24.0. The Morgan fingerprint density at radius 3 is 2.22 bits per heavy atom. The number of unbranched alkanes of at least 4 members (excludes halogenated alkanes) is 1. The number of hydrogen-bond donors (Lipinski definition) is 0. The first-order valence-corrected chi connectivity index (χ1v) is 13.1. The van der Waals surface area contributed by atoms with Crippen molar-refractivity contribution in [3.8, 4) is 0 Å². The number of rotatable bonds is 10. The van der Waals surface area contributed by atoms with Crippen LogP contribution < -0.4 is 4.90 Å². The fourth-order valence-corrected chi connectivity index (χ4v) is 4.82. The number of nitrogens with zero attached hydrogens (tertiary/aromatic N) is 1. The Kier molecular flexibility index (Phi) is 9.83. The third-order valence-electron chi connectivity index (χ3n) is 6.54. The Hall–Kier alpha value is -1.79. The van der Waals surface area contributed by atoms with E-state index in [0.29, 0.717) is 13.0 Å². The topological polar surface area (TPSA) is 20.3 Å². The molecule has 0 saturated carbocycles. The van der Waals surface area contributed by atoms with Crippen molar-refractivity contribution in [1.29, 1.82) is 0 Å². The van der Waals surface area contributed by atoms with E-state index in [1.54, 1.807) is 6.08 Å². The van der Waals surface area contributed by atoms with Gasteiger partial charge in [-0.25, -0.2) is 0 Å². The SMILES string of the molecule is CCCCc1c(C)cc(/C=C/C(=O)CCN([C](C)=[W])c2[c-]c(C)c(C)c(C)c2C)cc1C. The third-order valence-corrected chi connectivity index (χ3v) is 7.33. The van der Waals surface area contributed by atoms with Crippen LogP contribution in [0.3, 0.4) is 0 Å². The normalized spacial score (nSPS) is 11.2. The van der Waals surface area contributed by atoms with Gasteiger partial charge in [0, 0.05) is 0 Å². The van der Waals surface area contributed by atoms with Crippen molar-refractivity contribution in [2.24, 2.45) is 0 Å². The van der Waals surface area contributed by atoms with Gasteiger partial charge in [-0.2, -0.15) is 0 Å². The summed E-state index contributed by atoms with van der Waals surface area (Å²) in [4.78, 5) is 15.0. The number of ketones is 1. The molecule has 3 heteroatoms. The number of anilines is 1. The molecule has 0 aliphatic heterocycles. The Morgan fingerprint density at radius 2 is 1.66 bits per heavy atom. The van der Waals surface area contributed by atoms with E-state index in [0.717, 1.165) is 17.7 Å². The first-order chi connectivity index (χ1) is 15.1. The van der Waals surface area contributed by atoms with Crippen LogP contribution >= 0.6 is 0 Å². The van der Waals surface area contributed by atoms with Gasteiger partial charge >= 0.3 is 187 Å². The Morgan fingerprint density at radius 1 is 1.03 bits per heavy atom. The quantitative estimate of drug-likeness (QED) is 0.220. The Bertz CT molecular complexity index is 1010. The molecule has 0 amide bonds. The Balaban J connectivity index is 2.13. The van der Waals surface area contributed by atoms with Gasteiger partial charge in [-0.3, -0.25) is 0 Å². The summed E-state index contributed by atoms with van der Waals surface area (Å²) in [5.74, 6) is 0.162. The van der Waals surface area contributed by atoms with Crippen LogP contribution in [0.2, 0.25) is 0 Å². The van der Waals surface area contributed by atoms with Gasteiger partial charge in [0.2, 0.25) is 0 Å². The average molecular weight is 600 g/mol. The molecule has 0 aliphatic rings. The van der Waals surface area contributed by atoms with Gasteiger partial charge in [-0.15, -0.1) is 0 Å².